The van der Waals surface area contributed by atoms with Crippen molar-refractivity contribution in [2.45, 2.75) is 90.3 Å². The van der Waals surface area contributed by atoms with Crippen LogP contribution in [-0.2, 0) is 40.3 Å². The highest BCUT2D eigenvalue weighted by atomic mass is 32.1. The Hall–Kier alpha value is -4.81. The number of thiazole rings is 1. The standard InChI is InChI=1S/C38H47N5O6S/c1-25(2)34(43-38(47)49-24-31-22-40-36(50-31)26(3)4)35(45)41-30(18-27-12-7-5-8-13-27)20-33(44)32(19-28-14-9-6-10-15-28)42-37(46)48-23-29-16-11-17-39-21-29/h5-17,21-22,25-26,30,32-34,44H,18-20,23-24H2,1-4H3,(H,41,45)(H,42,46)(H,43,47)/t30-,32-,33-,34-/m0/s1. The van der Waals surface area contributed by atoms with Gasteiger partial charge in [0.05, 0.1) is 22.0 Å². The molecule has 0 unspecified atom stereocenters. The number of hydrogen-bond donors (Lipinski definition) is 4. The Morgan fingerprint density at radius 1 is 0.760 bits per heavy atom. The Labute approximate surface area is 297 Å². The molecule has 2 heterocycles. The van der Waals surface area contributed by atoms with Gasteiger partial charge in [0.1, 0.15) is 19.3 Å². The number of aromatic nitrogens is 2. The lowest BCUT2D eigenvalue weighted by molar-refractivity contribution is -0.125. The van der Waals surface area contributed by atoms with Crippen molar-refractivity contribution in [2.24, 2.45) is 5.92 Å². The van der Waals surface area contributed by atoms with E-state index >= 15 is 0 Å². The van der Waals surface area contributed by atoms with Gasteiger partial charge in [0, 0.05) is 36.1 Å². The second-order valence-electron chi connectivity index (χ2n) is 12.8. The van der Waals surface area contributed by atoms with E-state index in [4.69, 9.17) is 9.47 Å². The number of aliphatic hydroxyl groups excluding tert-OH is 1. The first kappa shape index (κ1) is 38.0. The summed E-state index contributed by atoms with van der Waals surface area (Å²) in [5.74, 6) is -0.397. The highest BCUT2D eigenvalue weighted by Gasteiger charge is 2.30. The van der Waals surface area contributed by atoms with E-state index in [1.54, 1.807) is 30.7 Å². The number of pyridine rings is 1. The van der Waals surface area contributed by atoms with Gasteiger partial charge >= 0.3 is 12.2 Å². The van der Waals surface area contributed by atoms with Crippen LogP contribution in [0.4, 0.5) is 9.59 Å². The highest BCUT2D eigenvalue weighted by molar-refractivity contribution is 7.11. The second kappa shape index (κ2) is 19.4. The van der Waals surface area contributed by atoms with Crippen molar-refractivity contribution in [3.63, 3.8) is 0 Å². The monoisotopic (exact) mass is 701 g/mol. The van der Waals surface area contributed by atoms with Gasteiger partial charge in [0.15, 0.2) is 0 Å². The van der Waals surface area contributed by atoms with E-state index in [9.17, 15) is 19.5 Å². The molecule has 0 fully saturated rings. The van der Waals surface area contributed by atoms with Crippen molar-refractivity contribution in [3.05, 3.63) is 118 Å². The van der Waals surface area contributed by atoms with Crippen LogP contribution in [0.15, 0.2) is 91.4 Å². The molecule has 0 bridgehead atoms. The third-order valence-electron chi connectivity index (χ3n) is 7.99. The van der Waals surface area contributed by atoms with Crippen LogP contribution in [0.5, 0.6) is 0 Å². The van der Waals surface area contributed by atoms with Crippen molar-refractivity contribution in [3.8, 4) is 0 Å². The molecule has 12 heteroatoms. The minimum atomic E-state index is -1.07. The van der Waals surface area contributed by atoms with E-state index in [-0.39, 0.29) is 31.5 Å². The lowest BCUT2D eigenvalue weighted by Crippen LogP contribution is -2.54. The minimum Gasteiger partial charge on any atom is -0.445 e. The Balaban J connectivity index is 1.45. The molecule has 4 rings (SSSR count). The van der Waals surface area contributed by atoms with Crippen molar-refractivity contribution < 1.29 is 29.0 Å². The van der Waals surface area contributed by atoms with E-state index in [2.05, 4.69) is 25.9 Å². The molecule has 50 heavy (non-hydrogen) atoms. The molecule has 2 aromatic heterocycles. The summed E-state index contributed by atoms with van der Waals surface area (Å²) in [5, 5.41) is 21.2. The molecule has 4 aromatic rings. The molecule has 0 spiro atoms. The maximum atomic E-state index is 13.7. The number of alkyl carbamates (subject to hydrolysis) is 2. The number of carbonyl (C=O) groups excluding carboxylic acids is 3. The van der Waals surface area contributed by atoms with Gasteiger partial charge in [-0.05, 0) is 42.4 Å². The molecule has 0 saturated heterocycles. The number of nitrogens with one attached hydrogen (secondary N) is 3. The number of benzene rings is 2. The Morgan fingerprint density at radius 2 is 1.38 bits per heavy atom. The number of ether oxygens (including phenoxy) is 2. The van der Waals surface area contributed by atoms with Gasteiger partial charge in [-0.1, -0.05) is 94.4 Å². The number of rotatable bonds is 17. The molecule has 3 amide bonds. The molecule has 11 nitrogen and oxygen atoms in total. The average molecular weight is 702 g/mol. The quantitative estimate of drug-likeness (QED) is 0.106. The van der Waals surface area contributed by atoms with Crippen LogP contribution in [0.1, 0.15) is 66.6 Å². The van der Waals surface area contributed by atoms with E-state index in [1.807, 2.05) is 88.4 Å². The zero-order valence-corrected chi connectivity index (χ0v) is 29.8. The summed E-state index contributed by atoms with van der Waals surface area (Å²) in [6.45, 7) is 7.83. The van der Waals surface area contributed by atoms with E-state index in [0.29, 0.717) is 12.8 Å². The van der Waals surface area contributed by atoms with Gasteiger partial charge in [-0.25, -0.2) is 14.6 Å². The Bertz CT molecular complexity index is 1620. The summed E-state index contributed by atoms with van der Waals surface area (Å²) in [6, 6.07) is 20.5. The summed E-state index contributed by atoms with van der Waals surface area (Å²) in [7, 11) is 0. The number of carbonyl (C=O) groups is 3. The largest absolute Gasteiger partial charge is 0.445 e. The van der Waals surface area contributed by atoms with Crippen LogP contribution in [0.25, 0.3) is 0 Å². The van der Waals surface area contributed by atoms with Crippen LogP contribution < -0.4 is 16.0 Å². The first-order valence-electron chi connectivity index (χ1n) is 16.8. The summed E-state index contributed by atoms with van der Waals surface area (Å²) < 4.78 is 10.9. The fraction of sp³-hybridized carbons (Fsp3) is 0.395. The fourth-order valence-corrected chi connectivity index (χ4v) is 6.14. The summed E-state index contributed by atoms with van der Waals surface area (Å²) in [4.78, 5) is 48.7. The number of aliphatic hydroxyl groups is 1. The first-order valence-corrected chi connectivity index (χ1v) is 17.6. The molecule has 4 N–H and O–H groups in total. The third-order valence-corrected chi connectivity index (χ3v) is 9.26. The van der Waals surface area contributed by atoms with Gasteiger partial charge in [-0.2, -0.15) is 0 Å². The summed E-state index contributed by atoms with van der Waals surface area (Å²) in [6.07, 6.45) is 3.33. The average Bonchev–Trinajstić information content (AvgIpc) is 3.59. The van der Waals surface area contributed by atoms with Crippen LogP contribution >= 0.6 is 11.3 Å². The maximum absolute atomic E-state index is 13.7. The Morgan fingerprint density at radius 3 is 1.98 bits per heavy atom. The van der Waals surface area contributed by atoms with Crippen LogP contribution in [0.2, 0.25) is 0 Å². The third kappa shape index (κ3) is 12.6. The van der Waals surface area contributed by atoms with E-state index < -0.39 is 42.3 Å². The van der Waals surface area contributed by atoms with Crippen molar-refractivity contribution >= 4 is 29.4 Å². The van der Waals surface area contributed by atoms with E-state index in [0.717, 1.165) is 26.6 Å². The molecule has 0 aliphatic rings. The lowest BCUT2D eigenvalue weighted by atomic mass is 9.93. The molecule has 0 aliphatic carbocycles. The zero-order chi connectivity index (χ0) is 35.9. The number of nitrogens with zero attached hydrogens (tertiary/aromatic N) is 2. The van der Waals surface area contributed by atoms with Crippen LogP contribution in [0, 0.1) is 5.92 Å². The minimum absolute atomic E-state index is 0.0235. The van der Waals surface area contributed by atoms with Gasteiger partial charge < -0.3 is 30.5 Å². The molecule has 266 valence electrons. The second-order valence-corrected chi connectivity index (χ2v) is 14.0. The van der Waals surface area contributed by atoms with Crippen molar-refractivity contribution in [1.29, 1.82) is 0 Å². The molecule has 4 atom stereocenters. The predicted octanol–water partition coefficient (Wildman–Crippen LogP) is 5.93. The molecular weight excluding hydrogens is 655 g/mol. The number of amides is 3. The van der Waals surface area contributed by atoms with Crippen molar-refractivity contribution in [1.82, 2.24) is 25.9 Å². The van der Waals surface area contributed by atoms with Gasteiger partial charge in [-0.3, -0.25) is 9.78 Å². The Kier molecular flexibility index (Phi) is 14.7. The smallest absolute Gasteiger partial charge is 0.408 e. The SMILES string of the molecule is CC(C)c1ncc(COC(=O)N[C@H](C(=O)N[C@@H](Cc2ccccc2)C[C@H](O)[C@H](Cc2ccccc2)NC(=O)OCc2cccnc2)C(C)C)s1. The summed E-state index contributed by atoms with van der Waals surface area (Å²) >= 11 is 1.48. The topological polar surface area (TPSA) is 152 Å². The zero-order valence-electron chi connectivity index (χ0n) is 29.0. The van der Waals surface area contributed by atoms with Crippen LogP contribution in [-0.4, -0.2) is 57.4 Å². The normalized spacial score (nSPS) is 13.6. The molecule has 0 saturated carbocycles. The molecular formula is C38H47N5O6S. The van der Waals surface area contributed by atoms with Gasteiger partial charge in [0.2, 0.25) is 5.91 Å². The van der Waals surface area contributed by atoms with Crippen molar-refractivity contribution in [2.75, 3.05) is 0 Å². The van der Waals surface area contributed by atoms with Gasteiger partial charge in [-0.15, -0.1) is 11.3 Å². The van der Waals surface area contributed by atoms with Crippen LogP contribution in [0.3, 0.4) is 0 Å². The highest BCUT2D eigenvalue weighted by Crippen LogP contribution is 2.22. The molecule has 0 aliphatic heterocycles. The first-order chi connectivity index (χ1) is 24.1. The predicted molar refractivity (Wildman–Crippen MR) is 192 cm³/mol. The number of hydrogen-bond acceptors (Lipinski definition) is 9. The summed E-state index contributed by atoms with van der Waals surface area (Å²) in [5.41, 5.74) is 2.59. The van der Waals surface area contributed by atoms with Gasteiger partial charge in [0.25, 0.3) is 0 Å². The fourth-order valence-electron chi connectivity index (χ4n) is 5.31. The molecule has 0 radical (unpaired) electrons. The molecule has 2 aromatic carbocycles. The van der Waals surface area contributed by atoms with E-state index in [1.165, 1.54) is 11.3 Å². The maximum Gasteiger partial charge on any atom is 0.408 e. The lowest BCUT2D eigenvalue weighted by Gasteiger charge is -2.30.